The topological polar surface area (TPSA) is 66.6 Å². The van der Waals surface area contributed by atoms with Crippen LogP contribution in [0.25, 0.3) is 0 Å². The fraction of sp³-hybridized carbons (Fsp3) is 0.364. The van der Waals surface area contributed by atoms with Crippen LogP contribution in [0, 0.1) is 6.92 Å². The van der Waals surface area contributed by atoms with Gasteiger partial charge in [0, 0.05) is 17.9 Å². The maximum Gasteiger partial charge on any atom is 0.326 e. The summed E-state index contributed by atoms with van der Waals surface area (Å²) in [5.41, 5.74) is 8.36. The van der Waals surface area contributed by atoms with Crippen molar-refractivity contribution in [2.45, 2.75) is 19.4 Å². The first kappa shape index (κ1) is 9.83. The van der Waals surface area contributed by atoms with Crippen molar-refractivity contribution >= 4 is 17.3 Å². The number of nitrogens with zero attached hydrogens (tertiary/aromatic N) is 1. The normalized spacial score (nSPS) is 19.8. The monoisotopic (exact) mass is 206 g/mol. The first-order valence-corrected chi connectivity index (χ1v) is 4.95. The number of hydrogen-bond donors (Lipinski definition) is 2. The number of aliphatic carboxylic acids is 1. The van der Waals surface area contributed by atoms with E-state index in [0.717, 1.165) is 24.2 Å². The van der Waals surface area contributed by atoms with Gasteiger partial charge >= 0.3 is 5.97 Å². The number of hydrogen-bond acceptors (Lipinski definition) is 3. The number of anilines is 2. The van der Waals surface area contributed by atoms with Crippen molar-refractivity contribution in [3.63, 3.8) is 0 Å². The Balaban J connectivity index is 2.27. The molecule has 80 valence electrons. The molecule has 0 radical (unpaired) electrons. The van der Waals surface area contributed by atoms with Crippen molar-refractivity contribution in [2.24, 2.45) is 0 Å². The molecule has 1 saturated heterocycles. The number of benzene rings is 1. The van der Waals surface area contributed by atoms with E-state index >= 15 is 0 Å². The lowest BCUT2D eigenvalue weighted by molar-refractivity contribution is -0.139. The zero-order valence-corrected chi connectivity index (χ0v) is 8.60. The minimum atomic E-state index is -0.752. The highest BCUT2D eigenvalue weighted by atomic mass is 16.4. The van der Waals surface area contributed by atoms with E-state index in [0.29, 0.717) is 5.69 Å². The molecular weight excluding hydrogens is 192 g/mol. The molecule has 1 aliphatic rings. The van der Waals surface area contributed by atoms with E-state index in [9.17, 15) is 4.79 Å². The Kier molecular flexibility index (Phi) is 2.26. The summed E-state index contributed by atoms with van der Waals surface area (Å²) in [4.78, 5) is 12.8. The number of carboxylic acids is 1. The Hall–Kier alpha value is -1.71. The molecule has 4 nitrogen and oxygen atoms in total. The molecule has 1 fully saturated rings. The standard InChI is InChI=1S/C11H14N2O2/c1-7-6-8(12)2-3-9(7)13-5-4-10(13)11(14)15/h2-3,6,10H,4-5,12H2,1H3,(H,14,15). The van der Waals surface area contributed by atoms with Crippen molar-refractivity contribution in [2.75, 3.05) is 17.2 Å². The van der Waals surface area contributed by atoms with Gasteiger partial charge in [0.1, 0.15) is 6.04 Å². The van der Waals surface area contributed by atoms with Crippen molar-refractivity contribution in [1.29, 1.82) is 0 Å². The molecule has 1 aromatic carbocycles. The molecule has 4 heteroatoms. The molecule has 1 unspecified atom stereocenters. The Labute approximate surface area is 88.3 Å². The Morgan fingerprint density at radius 1 is 1.60 bits per heavy atom. The average Bonchev–Trinajstić information content (AvgIpc) is 2.06. The number of aryl methyl sites for hydroxylation is 1. The van der Waals surface area contributed by atoms with Crippen molar-refractivity contribution in [3.8, 4) is 0 Å². The maximum absolute atomic E-state index is 10.9. The zero-order chi connectivity index (χ0) is 11.0. The van der Waals surface area contributed by atoms with Gasteiger partial charge in [0.25, 0.3) is 0 Å². The third kappa shape index (κ3) is 1.63. The number of nitrogen functional groups attached to an aromatic ring is 1. The minimum absolute atomic E-state index is 0.368. The molecule has 3 N–H and O–H groups in total. The van der Waals surface area contributed by atoms with Gasteiger partial charge in [-0.25, -0.2) is 4.79 Å². The van der Waals surface area contributed by atoms with Gasteiger partial charge in [-0.05, 0) is 37.1 Å². The number of carbonyl (C=O) groups is 1. The maximum atomic E-state index is 10.9. The van der Waals surface area contributed by atoms with E-state index in [1.165, 1.54) is 0 Å². The minimum Gasteiger partial charge on any atom is -0.480 e. The van der Waals surface area contributed by atoms with Crippen LogP contribution in [0.1, 0.15) is 12.0 Å². The predicted octanol–water partition coefficient (Wildman–Crippen LogP) is 1.24. The van der Waals surface area contributed by atoms with Gasteiger partial charge in [-0.1, -0.05) is 0 Å². The molecule has 0 aliphatic carbocycles. The summed E-state index contributed by atoms with van der Waals surface area (Å²) in [5, 5.41) is 8.94. The van der Waals surface area contributed by atoms with Crippen molar-refractivity contribution in [3.05, 3.63) is 23.8 Å². The fourth-order valence-electron chi connectivity index (χ4n) is 1.93. The van der Waals surface area contributed by atoms with Gasteiger partial charge in [-0.15, -0.1) is 0 Å². The zero-order valence-electron chi connectivity index (χ0n) is 8.60. The number of carboxylic acid groups (broad SMARTS) is 1. The summed E-state index contributed by atoms with van der Waals surface area (Å²) < 4.78 is 0. The molecule has 15 heavy (non-hydrogen) atoms. The summed E-state index contributed by atoms with van der Waals surface area (Å²) in [7, 11) is 0. The summed E-state index contributed by atoms with van der Waals surface area (Å²) >= 11 is 0. The lowest BCUT2D eigenvalue weighted by atomic mass is 10.00. The highest BCUT2D eigenvalue weighted by molar-refractivity contribution is 5.81. The molecule has 2 rings (SSSR count). The van der Waals surface area contributed by atoms with Gasteiger partial charge in [0.05, 0.1) is 0 Å². The van der Waals surface area contributed by atoms with Crippen molar-refractivity contribution < 1.29 is 9.90 Å². The molecule has 0 saturated carbocycles. The van der Waals surface area contributed by atoms with Crippen LogP contribution in [0.3, 0.4) is 0 Å². The molecule has 0 spiro atoms. The van der Waals surface area contributed by atoms with Crippen LogP contribution < -0.4 is 10.6 Å². The Morgan fingerprint density at radius 3 is 2.80 bits per heavy atom. The lowest BCUT2D eigenvalue weighted by Gasteiger charge is -2.40. The largest absolute Gasteiger partial charge is 0.480 e. The van der Waals surface area contributed by atoms with Crippen LogP contribution in [0.4, 0.5) is 11.4 Å². The molecule has 0 bridgehead atoms. The Morgan fingerprint density at radius 2 is 2.33 bits per heavy atom. The highest BCUT2D eigenvalue weighted by Crippen LogP contribution is 2.30. The predicted molar refractivity (Wildman–Crippen MR) is 59.0 cm³/mol. The lowest BCUT2D eigenvalue weighted by Crippen LogP contribution is -2.52. The molecule has 1 heterocycles. The van der Waals surface area contributed by atoms with Gasteiger partial charge in [0.15, 0.2) is 0 Å². The fourth-order valence-corrected chi connectivity index (χ4v) is 1.93. The van der Waals surface area contributed by atoms with Crippen LogP contribution >= 0.6 is 0 Å². The Bertz CT molecular complexity index is 404. The third-order valence-corrected chi connectivity index (χ3v) is 2.84. The molecular formula is C11H14N2O2. The molecule has 1 atom stereocenters. The summed E-state index contributed by atoms with van der Waals surface area (Å²) in [6, 6.07) is 5.19. The van der Waals surface area contributed by atoms with E-state index < -0.39 is 5.97 Å². The van der Waals surface area contributed by atoms with Gasteiger partial charge < -0.3 is 15.7 Å². The first-order chi connectivity index (χ1) is 7.09. The second-order valence-corrected chi connectivity index (χ2v) is 3.88. The van der Waals surface area contributed by atoms with Gasteiger partial charge in [-0.3, -0.25) is 0 Å². The van der Waals surface area contributed by atoms with E-state index in [2.05, 4.69) is 0 Å². The number of nitrogens with two attached hydrogens (primary N) is 1. The van der Waals surface area contributed by atoms with Crippen LogP contribution in [-0.2, 0) is 4.79 Å². The average molecular weight is 206 g/mol. The highest BCUT2D eigenvalue weighted by Gasteiger charge is 2.34. The number of rotatable bonds is 2. The van der Waals surface area contributed by atoms with Crippen LogP contribution in [-0.4, -0.2) is 23.7 Å². The van der Waals surface area contributed by atoms with E-state index in [4.69, 9.17) is 10.8 Å². The van der Waals surface area contributed by atoms with Crippen LogP contribution in [0.2, 0.25) is 0 Å². The van der Waals surface area contributed by atoms with Crippen LogP contribution in [0.15, 0.2) is 18.2 Å². The second-order valence-electron chi connectivity index (χ2n) is 3.88. The van der Waals surface area contributed by atoms with Crippen LogP contribution in [0.5, 0.6) is 0 Å². The van der Waals surface area contributed by atoms with Crippen molar-refractivity contribution in [1.82, 2.24) is 0 Å². The van der Waals surface area contributed by atoms with Gasteiger partial charge in [-0.2, -0.15) is 0 Å². The first-order valence-electron chi connectivity index (χ1n) is 4.95. The van der Waals surface area contributed by atoms with Gasteiger partial charge in [0.2, 0.25) is 0 Å². The quantitative estimate of drug-likeness (QED) is 0.714. The molecule has 0 aromatic heterocycles. The smallest absolute Gasteiger partial charge is 0.326 e. The third-order valence-electron chi connectivity index (χ3n) is 2.84. The van der Waals surface area contributed by atoms with E-state index in [1.54, 1.807) is 6.07 Å². The molecule has 0 amide bonds. The summed E-state index contributed by atoms with van der Waals surface area (Å²) in [5.74, 6) is -0.752. The van der Waals surface area contributed by atoms with E-state index in [1.807, 2.05) is 24.0 Å². The summed E-state index contributed by atoms with van der Waals surface area (Å²) in [6.07, 6.45) is 0.721. The van der Waals surface area contributed by atoms with E-state index in [-0.39, 0.29) is 6.04 Å². The summed E-state index contributed by atoms with van der Waals surface area (Å²) in [6.45, 7) is 2.75. The molecule has 1 aromatic rings. The second kappa shape index (κ2) is 3.46. The molecule has 1 aliphatic heterocycles. The SMILES string of the molecule is Cc1cc(N)ccc1N1CCC1C(=O)O.